The van der Waals surface area contributed by atoms with Gasteiger partial charge in [0.05, 0.1) is 0 Å². The fourth-order valence-electron chi connectivity index (χ4n) is 1.44. The van der Waals surface area contributed by atoms with Gasteiger partial charge in [-0.1, -0.05) is 19.1 Å². The molecule has 6 heteroatoms. The van der Waals surface area contributed by atoms with Gasteiger partial charge in [0, 0.05) is 6.04 Å². The number of benzene rings is 1. The molecule has 3 nitrogen and oxygen atoms in total. The van der Waals surface area contributed by atoms with Crippen LogP contribution in [0.5, 0.6) is 5.75 Å². The number of rotatable bonds is 7. The number of ether oxygens (including phenoxy) is 2. The zero-order valence-electron chi connectivity index (χ0n) is 10.7. The largest absolute Gasteiger partial charge is 0.468 e. The van der Waals surface area contributed by atoms with Crippen LogP contribution < -0.4 is 10.5 Å². The monoisotopic (exact) mass is 277 g/mol. The molecule has 0 aliphatic carbocycles. The van der Waals surface area contributed by atoms with Gasteiger partial charge >= 0.3 is 6.18 Å². The van der Waals surface area contributed by atoms with Crippen LogP contribution >= 0.6 is 0 Å². The van der Waals surface area contributed by atoms with E-state index in [0.717, 1.165) is 18.4 Å². The van der Waals surface area contributed by atoms with Crippen molar-refractivity contribution >= 4 is 0 Å². The molecule has 0 fully saturated rings. The van der Waals surface area contributed by atoms with Crippen LogP contribution in [-0.4, -0.2) is 25.6 Å². The second-order valence-corrected chi connectivity index (χ2v) is 4.24. The molecular weight excluding hydrogens is 259 g/mol. The minimum Gasteiger partial charge on any atom is -0.468 e. The first-order valence-corrected chi connectivity index (χ1v) is 6.02. The van der Waals surface area contributed by atoms with Crippen molar-refractivity contribution in [1.82, 2.24) is 0 Å². The Morgan fingerprint density at radius 2 is 1.84 bits per heavy atom. The van der Waals surface area contributed by atoms with Gasteiger partial charge in [0.25, 0.3) is 0 Å². The first kappa shape index (κ1) is 15.8. The summed E-state index contributed by atoms with van der Waals surface area (Å²) >= 11 is 0. The van der Waals surface area contributed by atoms with Crippen molar-refractivity contribution in [3.63, 3.8) is 0 Å². The molecule has 0 aliphatic rings. The number of nitrogens with two attached hydrogens (primary N) is 1. The summed E-state index contributed by atoms with van der Waals surface area (Å²) in [5.41, 5.74) is 6.89. The second kappa shape index (κ2) is 7.35. The normalized spacial score (nSPS) is 13.3. The van der Waals surface area contributed by atoms with Crippen molar-refractivity contribution in [3.05, 3.63) is 29.8 Å². The second-order valence-electron chi connectivity index (χ2n) is 4.24. The smallest absolute Gasteiger partial charge is 0.411 e. The highest BCUT2D eigenvalue weighted by molar-refractivity contribution is 5.27. The third-order valence-corrected chi connectivity index (χ3v) is 2.52. The molecule has 19 heavy (non-hydrogen) atoms. The highest BCUT2D eigenvalue weighted by Gasteiger charge is 2.27. The van der Waals surface area contributed by atoms with Gasteiger partial charge in [0.1, 0.15) is 12.4 Å². The maximum Gasteiger partial charge on any atom is 0.411 e. The van der Waals surface area contributed by atoms with E-state index >= 15 is 0 Å². The molecular formula is C13H18F3NO2. The van der Waals surface area contributed by atoms with Crippen molar-refractivity contribution < 1.29 is 22.6 Å². The molecule has 0 spiro atoms. The fourth-order valence-corrected chi connectivity index (χ4v) is 1.44. The van der Waals surface area contributed by atoms with Gasteiger partial charge in [-0.05, 0) is 30.5 Å². The Labute approximate surface area is 110 Å². The highest BCUT2D eigenvalue weighted by atomic mass is 19.4. The van der Waals surface area contributed by atoms with E-state index in [2.05, 4.69) is 4.74 Å². The molecule has 0 saturated carbocycles. The standard InChI is InChI=1S/C13H18F3NO2/c1-2-11(17)7-10-3-5-12(6-4-10)19-9-18-8-13(14,15)16/h3-6,11H,2,7-9,17H2,1H3. The fraction of sp³-hybridized carbons (Fsp3) is 0.538. The first-order chi connectivity index (χ1) is 8.90. The van der Waals surface area contributed by atoms with Crippen LogP contribution in [0.15, 0.2) is 24.3 Å². The van der Waals surface area contributed by atoms with E-state index in [1.54, 1.807) is 12.1 Å². The molecule has 0 heterocycles. The van der Waals surface area contributed by atoms with Crippen LogP contribution in [0.2, 0.25) is 0 Å². The molecule has 2 N–H and O–H groups in total. The first-order valence-electron chi connectivity index (χ1n) is 6.02. The zero-order valence-corrected chi connectivity index (χ0v) is 10.7. The Balaban J connectivity index is 2.32. The van der Waals surface area contributed by atoms with Gasteiger partial charge < -0.3 is 15.2 Å². The number of hydrogen-bond acceptors (Lipinski definition) is 3. The summed E-state index contributed by atoms with van der Waals surface area (Å²) in [5.74, 6) is 0.469. The van der Waals surface area contributed by atoms with E-state index in [0.29, 0.717) is 5.75 Å². The number of halogens is 3. The molecule has 1 rings (SSSR count). The zero-order chi connectivity index (χ0) is 14.3. The molecule has 0 radical (unpaired) electrons. The minimum absolute atomic E-state index is 0.113. The summed E-state index contributed by atoms with van der Waals surface area (Å²) in [6.45, 7) is 0.282. The molecule has 0 aliphatic heterocycles. The van der Waals surface area contributed by atoms with E-state index < -0.39 is 19.6 Å². The van der Waals surface area contributed by atoms with E-state index in [1.807, 2.05) is 19.1 Å². The Bertz CT molecular complexity index is 365. The van der Waals surface area contributed by atoms with Crippen molar-refractivity contribution in [1.29, 1.82) is 0 Å². The lowest BCUT2D eigenvalue weighted by Crippen LogP contribution is -2.21. The molecule has 0 amide bonds. The Morgan fingerprint density at radius 1 is 1.21 bits per heavy atom. The van der Waals surface area contributed by atoms with Gasteiger partial charge in [-0.2, -0.15) is 13.2 Å². The SMILES string of the molecule is CCC(N)Cc1ccc(OCOCC(F)(F)F)cc1. The average Bonchev–Trinajstić information content (AvgIpc) is 2.35. The van der Waals surface area contributed by atoms with Gasteiger partial charge in [0.15, 0.2) is 6.79 Å². The van der Waals surface area contributed by atoms with Crippen molar-refractivity contribution in [2.45, 2.75) is 32.0 Å². The lowest BCUT2D eigenvalue weighted by molar-refractivity contribution is -0.186. The van der Waals surface area contributed by atoms with Gasteiger partial charge in [-0.25, -0.2) is 0 Å². The average molecular weight is 277 g/mol. The molecule has 1 aromatic rings. The molecule has 1 aromatic carbocycles. The van der Waals surface area contributed by atoms with Crippen LogP contribution in [0.3, 0.4) is 0 Å². The van der Waals surface area contributed by atoms with E-state index in [4.69, 9.17) is 10.5 Å². The molecule has 0 saturated heterocycles. The number of alkyl halides is 3. The Hall–Kier alpha value is -1.27. The summed E-state index contributed by atoms with van der Waals surface area (Å²) in [6.07, 6.45) is -2.67. The summed E-state index contributed by atoms with van der Waals surface area (Å²) in [7, 11) is 0. The van der Waals surface area contributed by atoms with Gasteiger partial charge in [-0.3, -0.25) is 0 Å². The third kappa shape index (κ3) is 7.03. The van der Waals surface area contributed by atoms with Crippen molar-refractivity contribution in [3.8, 4) is 5.75 Å². The van der Waals surface area contributed by atoms with Crippen LogP contribution in [0.1, 0.15) is 18.9 Å². The number of hydrogen-bond donors (Lipinski definition) is 1. The van der Waals surface area contributed by atoms with Crippen LogP contribution in [0, 0.1) is 0 Å². The molecule has 0 aromatic heterocycles. The van der Waals surface area contributed by atoms with E-state index in [9.17, 15) is 13.2 Å². The maximum absolute atomic E-state index is 11.8. The van der Waals surface area contributed by atoms with Gasteiger partial charge in [0.2, 0.25) is 0 Å². The Morgan fingerprint density at radius 3 is 2.37 bits per heavy atom. The lowest BCUT2D eigenvalue weighted by atomic mass is 10.1. The quantitative estimate of drug-likeness (QED) is 0.615. The van der Waals surface area contributed by atoms with Gasteiger partial charge in [-0.15, -0.1) is 0 Å². The van der Waals surface area contributed by atoms with Crippen LogP contribution in [-0.2, 0) is 11.2 Å². The molecule has 0 bridgehead atoms. The van der Waals surface area contributed by atoms with Crippen LogP contribution in [0.4, 0.5) is 13.2 Å². The molecule has 1 atom stereocenters. The molecule has 1 unspecified atom stereocenters. The predicted molar refractivity (Wildman–Crippen MR) is 65.9 cm³/mol. The maximum atomic E-state index is 11.8. The highest BCUT2D eigenvalue weighted by Crippen LogP contribution is 2.16. The third-order valence-electron chi connectivity index (χ3n) is 2.52. The van der Waals surface area contributed by atoms with Crippen LogP contribution in [0.25, 0.3) is 0 Å². The van der Waals surface area contributed by atoms with Crippen molar-refractivity contribution in [2.24, 2.45) is 5.73 Å². The summed E-state index contributed by atoms with van der Waals surface area (Å²) in [4.78, 5) is 0. The van der Waals surface area contributed by atoms with E-state index in [-0.39, 0.29) is 6.04 Å². The summed E-state index contributed by atoms with van der Waals surface area (Å²) in [5, 5.41) is 0. The Kier molecular flexibility index (Phi) is 6.11. The minimum atomic E-state index is -4.33. The topological polar surface area (TPSA) is 44.5 Å². The summed E-state index contributed by atoms with van der Waals surface area (Å²) < 4.78 is 44.8. The summed E-state index contributed by atoms with van der Waals surface area (Å²) in [6, 6.07) is 7.17. The predicted octanol–water partition coefficient (Wildman–Crippen LogP) is 2.88. The van der Waals surface area contributed by atoms with Crippen molar-refractivity contribution in [2.75, 3.05) is 13.4 Å². The lowest BCUT2D eigenvalue weighted by Gasteiger charge is -2.11. The van der Waals surface area contributed by atoms with E-state index in [1.165, 1.54) is 0 Å². The molecule has 108 valence electrons.